The highest BCUT2D eigenvalue weighted by Crippen LogP contribution is 2.29. The van der Waals surface area contributed by atoms with Crippen LogP contribution in [-0.4, -0.2) is 41.4 Å². The normalized spacial score (nSPS) is 11.6. The molecule has 4 rings (SSSR count). The lowest BCUT2D eigenvalue weighted by Crippen LogP contribution is -2.35. The summed E-state index contributed by atoms with van der Waals surface area (Å²) in [5, 5.41) is 5.17. The van der Waals surface area contributed by atoms with E-state index in [1.807, 2.05) is 36.5 Å². The van der Waals surface area contributed by atoms with Gasteiger partial charge in [0.05, 0.1) is 27.4 Å². The molecule has 10 heteroatoms. The molecule has 0 atom stereocenters. The van der Waals surface area contributed by atoms with Crippen molar-refractivity contribution in [2.45, 2.75) is 17.9 Å². The van der Waals surface area contributed by atoms with Crippen molar-refractivity contribution in [3.63, 3.8) is 0 Å². The molecule has 0 bridgehead atoms. The smallest absolute Gasteiger partial charge is 0.229 e. The summed E-state index contributed by atoms with van der Waals surface area (Å²) in [5.74, 6) is -0.597. The highest BCUT2D eigenvalue weighted by Gasteiger charge is 2.23. The average Bonchev–Trinajstić information content (AvgIpc) is 3.42. The Labute approximate surface area is 188 Å². The Morgan fingerprint density at radius 3 is 2.58 bits per heavy atom. The van der Waals surface area contributed by atoms with E-state index in [0.717, 1.165) is 10.2 Å². The van der Waals surface area contributed by atoms with Crippen LogP contribution in [-0.2, 0) is 21.2 Å². The number of fused-ring (bicyclic) bond motifs is 1. The van der Waals surface area contributed by atoms with Gasteiger partial charge in [0, 0.05) is 30.4 Å². The second-order valence-electron chi connectivity index (χ2n) is 6.80. The van der Waals surface area contributed by atoms with E-state index in [1.165, 1.54) is 35.6 Å². The minimum atomic E-state index is -3.61. The van der Waals surface area contributed by atoms with Gasteiger partial charge in [-0.2, -0.15) is 5.10 Å². The number of benzene rings is 2. The lowest BCUT2D eigenvalue weighted by Gasteiger charge is -2.20. The van der Waals surface area contributed by atoms with Gasteiger partial charge in [-0.3, -0.25) is 14.4 Å². The summed E-state index contributed by atoms with van der Waals surface area (Å²) in [5.41, 5.74) is 0.799. The van der Waals surface area contributed by atoms with Crippen LogP contribution in [0.4, 0.5) is 5.13 Å². The summed E-state index contributed by atoms with van der Waals surface area (Å²) in [7, 11) is -3.61. The lowest BCUT2D eigenvalue weighted by atomic mass is 10.3. The van der Waals surface area contributed by atoms with Gasteiger partial charge in [0.25, 0.3) is 0 Å². The van der Waals surface area contributed by atoms with Crippen molar-refractivity contribution in [2.24, 2.45) is 0 Å². The first-order valence-corrected chi connectivity index (χ1v) is 12.4. The second kappa shape index (κ2) is 9.17. The molecular weight excluding hydrogens is 456 g/mol. The number of anilines is 1. The average molecular weight is 475 g/mol. The molecule has 0 unspecified atom stereocenters. The lowest BCUT2D eigenvalue weighted by molar-refractivity contribution is -0.118. The van der Waals surface area contributed by atoms with Crippen molar-refractivity contribution in [2.75, 3.05) is 17.2 Å². The zero-order valence-electron chi connectivity index (χ0n) is 16.4. The zero-order chi connectivity index (χ0) is 21.8. The third-order valence-corrected chi connectivity index (χ3v) is 7.73. The molecule has 4 aromatic rings. The Morgan fingerprint density at radius 1 is 1.10 bits per heavy atom. The molecule has 1 amide bonds. The van der Waals surface area contributed by atoms with Crippen molar-refractivity contribution in [1.29, 1.82) is 0 Å². The summed E-state index contributed by atoms with van der Waals surface area (Å²) in [6.07, 6.45) is 3.33. The van der Waals surface area contributed by atoms with Crippen molar-refractivity contribution < 1.29 is 13.2 Å². The van der Waals surface area contributed by atoms with E-state index >= 15 is 0 Å². The highest BCUT2D eigenvalue weighted by molar-refractivity contribution is 7.91. The van der Waals surface area contributed by atoms with Gasteiger partial charge in [-0.1, -0.05) is 35.1 Å². The first kappa shape index (κ1) is 21.5. The van der Waals surface area contributed by atoms with Gasteiger partial charge in [-0.25, -0.2) is 13.4 Å². The summed E-state index contributed by atoms with van der Waals surface area (Å²) in [4.78, 5) is 19.4. The summed E-state index contributed by atoms with van der Waals surface area (Å²) < 4.78 is 28.0. The monoisotopic (exact) mass is 474 g/mol. The molecule has 0 fully saturated rings. The van der Waals surface area contributed by atoms with E-state index in [0.29, 0.717) is 23.2 Å². The first-order valence-electron chi connectivity index (χ1n) is 9.54. The quantitative estimate of drug-likeness (QED) is 0.384. The van der Waals surface area contributed by atoms with Gasteiger partial charge in [0.1, 0.15) is 0 Å². The number of rotatable bonds is 8. The van der Waals surface area contributed by atoms with Gasteiger partial charge in [0.15, 0.2) is 15.0 Å². The highest BCUT2D eigenvalue weighted by atomic mass is 35.5. The van der Waals surface area contributed by atoms with Gasteiger partial charge >= 0.3 is 0 Å². The van der Waals surface area contributed by atoms with E-state index in [2.05, 4.69) is 10.1 Å². The minimum absolute atomic E-state index is 0.146. The van der Waals surface area contributed by atoms with Crippen molar-refractivity contribution >= 4 is 54.0 Å². The fraction of sp³-hybridized carbons (Fsp3) is 0.190. The standard InChI is InChI=1S/C21H19ClN4O3S2/c22-16-6-8-17(9-7-16)31(28,29)15-10-20(27)26(14-13-25-12-3-11-23-25)21-24-18-4-1-2-5-19(18)30-21/h1-9,11-12H,10,13-15H2. The second-order valence-corrected chi connectivity index (χ2v) is 10.4. The number of amides is 1. The van der Waals surface area contributed by atoms with Crippen LogP contribution >= 0.6 is 22.9 Å². The van der Waals surface area contributed by atoms with Crippen LogP contribution < -0.4 is 4.90 Å². The molecule has 0 N–H and O–H groups in total. The van der Waals surface area contributed by atoms with Gasteiger partial charge in [0.2, 0.25) is 5.91 Å². The van der Waals surface area contributed by atoms with Crippen LogP contribution in [0.25, 0.3) is 10.2 Å². The maximum absolute atomic E-state index is 13.1. The number of aromatic nitrogens is 3. The molecule has 7 nitrogen and oxygen atoms in total. The van der Waals surface area contributed by atoms with Crippen LogP contribution in [0, 0.1) is 0 Å². The Bertz CT molecular complexity index is 1250. The van der Waals surface area contributed by atoms with E-state index in [9.17, 15) is 13.2 Å². The Hall–Kier alpha value is -2.75. The third-order valence-electron chi connectivity index (χ3n) is 4.68. The molecular formula is C21H19ClN4O3S2. The van der Waals surface area contributed by atoms with Crippen LogP contribution in [0.5, 0.6) is 0 Å². The predicted octanol–water partition coefficient (Wildman–Crippen LogP) is 4.04. The van der Waals surface area contributed by atoms with E-state index in [-0.39, 0.29) is 23.0 Å². The number of carbonyl (C=O) groups excluding carboxylic acids is 1. The molecule has 0 saturated heterocycles. The van der Waals surface area contributed by atoms with Crippen LogP contribution in [0.1, 0.15) is 6.42 Å². The molecule has 0 aliphatic heterocycles. The van der Waals surface area contributed by atoms with Gasteiger partial charge < -0.3 is 0 Å². The minimum Gasteiger partial charge on any atom is -0.286 e. The molecule has 160 valence electrons. The molecule has 0 aliphatic rings. The molecule has 2 aromatic carbocycles. The number of para-hydroxylation sites is 1. The molecule has 2 heterocycles. The fourth-order valence-corrected chi connectivity index (χ4v) is 5.42. The molecule has 0 radical (unpaired) electrons. The van der Waals surface area contributed by atoms with E-state index in [4.69, 9.17) is 11.6 Å². The number of carbonyl (C=O) groups is 1. The van der Waals surface area contributed by atoms with Crippen molar-refractivity contribution in [1.82, 2.24) is 14.8 Å². The third kappa shape index (κ3) is 5.12. The molecule has 0 aliphatic carbocycles. The maximum Gasteiger partial charge on any atom is 0.229 e. The van der Waals surface area contributed by atoms with Crippen LogP contribution in [0.3, 0.4) is 0 Å². The SMILES string of the molecule is O=C(CCS(=O)(=O)c1ccc(Cl)cc1)N(CCn1cccn1)c1nc2ccccc2s1. The van der Waals surface area contributed by atoms with Crippen LogP contribution in [0.15, 0.2) is 71.9 Å². The largest absolute Gasteiger partial charge is 0.286 e. The number of sulfone groups is 1. The van der Waals surface area contributed by atoms with E-state index in [1.54, 1.807) is 15.8 Å². The zero-order valence-corrected chi connectivity index (χ0v) is 18.8. The number of halogens is 1. The number of hydrogen-bond donors (Lipinski definition) is 0. The van der Waals surface area contributed by atoms with Crippen molar-refractivity contribution in [3.05, 3.63) is 72.0 Å². The van der Waals surface area contributed by atoms with Crippen LogP contribution in [0.2, 0.25) is 5.02 Å². The van der Waals surface area contributed by atoms with Gasteiger partial charge in [-0.05, 0) is 42.5 Å². The maximum atomic E-state index is 13.1. The van der Waals surface area contributed by atoms with E-state index < -0.39 is 9.84 Å². The number of nitrogens with zero attached hydrogens (tertiary/aromatic N) is 4. The summed E-state index contributed by atoms with van der Waals surface area (Å²) >= 11 is 7.24. The summed E-state index contributed by atoms with van der Waals surface area (Å²) in [6.45, 7) is 0.805. The molecule has 2 aromatic heterocycles. The van der Waals surface area contributed by atoms with Gasteiger partial charge in [-0.15, -0.1) is 0 Å². The summed E-state index contributed by atoms with van der Waals surface area (Å²) in [6, 6.07) is 15.4. The molecule has 0 saturated carbocycles. The predicted molar refractivity (Wildman–Crippen MR) is 122 cm³/mol. The molecule has 31 heavy (non-hydrogen) atoms. The topological polar surface area (TPSA) is 85.2 Å². The Balaban J connectivity index is 1.53. The molecule has 0 spiro atoms. The van der Waals surface area contributed by atoms with Crippen molar-refractivity contribution in [3.8, 4) is 0 Å². The first-order chi connectivity index (χ1) is 14.9. The number of thiazole rings is 1. The Morgan fingerprint density at radius 2 is 1.87 bits per heavy atom. The Kier molecular flexibility index (Phi) is 6.35. The number of hydrogen-bond acceptors (Lipinski definition) is 6. The fourth-order valence-electron chi connectivity index (χ4n) is 3.05.